The highest BCUT2D eigenvalue weighted by atomic mass is 32.2. The number of nitrogens with zero attached hydrogens (tertiary/aromatic N) is 1. The smallest absolute Gasteiger partial charge is 0.348 e. The first-order valence-corrected chi connectivity index (χ1v) is 15.9. The van der Waals surface area contributed by atoms with E-state index in [1.54, 1.807) is 18.7 Å². The predicted octanol–water partition coefficient (Wildman–Crippen LogP) is 7.82. The molecule has 0 radical (unpaired) electrons. The maximum Gasteiger partial charge on any atom is 0.348 e. The molecule has 0 unspecified atom stereocenters. The van der Waals surface area contributed by atoms with Crippen LogP contribution in [-0.2, 0) is 35.0 Å². The molecule has 3 aliphatic heterocycles. The van der Waals surface area contributed by atoms with Crippen molar-refractivity contribution in [3.63, 3.8) is 0 Å². The van der Waals surface area contributed by atoms with Crippen molar-refractivity contribution in [1.82, 2.24) is 4.90 Å². The molecule has 0 saturated carbocycles. The molecule has 1 spiro atoms. The Kier molecular flexibility index (Phi) is 7.02. The molecule has 0 aromatic heterocycles. The lowest BCUT2D eigenvalue weighted by molar-refractivity contribution is -0.178. The van der Waals surface area contributed by atoms with Crippen LogP contribution in [0.3, 0.4) is 0 Å². The van der Waals surface area contributed by atoms with Crippen LogP contribution < -0.4 is 0 Å². The third-order valence-corrected chi connectivity index (χ3v) is 10.7. The van der Waals surface area contributed by atoms with Gasteiger partial charge >= 0.3 is 5.97 Å². The number of carbonyl (C=O) groups excluding carboxylic acids is 2. The number of esters is 1. The summed E-state index contributed by atoms with van der Waals surface area (Å²) in [5.41, 5.74) is 1.97. The summed E-state index contributed by atoms with van der Waals surface area (Å²) in [5, 5.41) is 0. The zero-order valence-electron chi connectivity index (χ0n) is 26.0. The minimum absolute atomic E-state index is 0.127. The fraction of sp³-hybridized carbons (Fsp3) is 0.351. The van der Waals surface area contributed by atoms with Crippen molar-refractivity contribution < 1.29 is 19.1 Å². The molecule has 3 aromatic rings. The molecule has 3 aliphatic rings. The molecule has 0 saturated heterocycles. The number of ether oxygens (including phenoxy) is 2. The summed E-state index contributed by atoms with van der Waals surface area (Å²) in [5.74, 6) is -0.681. The largest absolute Gasteiger partial charge is 0.463 e. The van der Waals surface area contributed by atoms with E-state index in [4.69, 9.17) is 9.47 Å². The van der Waals surface area contributed by atoms with Crippen LogP contribution in [0.25, 0.3) is 0 Å². The first-order valence-electron chi connectivity index (χ1n) is 15.0. The zero-order valence-corrected chi connectivity index (χ0v) is 26.8. The van der Waals surface area contributed by atoms with Crippen LogP contribution in [0.2, 0.25) is 0 Å². The van der Waals surface area contributed by atoms with Crippen molar-refractivity contribution in [3.05, 3.63) is 129 Å². The third kappa shape index (κ3) is 3.75. The second kappa shape index (κ2) is 10.2. The lowest BCUT2D eigenvalue weighted by Crippen LogP contribution is -2.51. The Balaban J connectivity index is 1.91. The summed E-state index contributed by atoms with van der Waals surface area (Å²) < 4.78 is 12.5. The molecule has 6 heteroatoms. The zero-order chi connectivity index (χ0) is 30.8. The van der Waals surface area contributed by atoms with E-state index >= 15 is 0 Å². The molecule has 222 valence electrons. The molecular formula is C37H39NO4S. The Labute approximate surface area is 259 Å². The number of rotatable bonds is 6. The number of likely N-dealkylation sites (N-methyl/N-ethyl adjacent to an activating group) is 1. The maximum absolute atomic E-state index is 14.9. The van der Waals surface area contributed by atoms with Gasteiger partial charge in [-0.2, -0.15) is 0 Å². The van der Waals surface area contributed by atoms with E-state index in [1.807, 2.05) is 75.4 Å². The Morgan fingerprint density at radius 2 is 1.37 bits per heavy atom. The second-order valence-corrected chi connectivity index (χ2v) is 13.9. The normalized spacial score (nSPS) is 24.0. The minimum Gasteiger partial charge on any atom is -0.463 e. The van der Waals surface area contributed by atoms with E-state index in [-0.39, 0.29) is 12.4 Å². The van der Waals surface area contributed by atoms with E-state index in [1.165, 1.54) is 0 Å². The van der Waals surface area contributed by atoms with Crippen LogP contribution in [0, 0.1) is 5.41 Å². The average Bonchev–Trinajstić information content (AvgIpc) is 3.47. The molecule has 3 aromatic carbocycles. The van der Waals surface area contributed by atoms with Crippen LogP contribution >= 0.6 is 11.8 Å². The highest BCUT2D eigenvalue weighted by Crippen LogP contribution is 2.74. The van der Waals surface area contributed by atoms with Gasteiger partial charge in [0.1, 0.15) is 4.75 Å². The number of benzene rings is 3. The van der Waals surface area contributed by atoms with Crippen LogP contribution in [0.1, 0.15) is 70.7 Å². The lowest BCUT2D eigenvalue weighted by Gasteiger charge is -2.49. The third-order valence-electron chi connectivity index (χ3n) is 9.05. The molecule has 43 heavy (non-hydrogen) atoms. The van der Waals surface area contributed by atoms with Gasteiger partial charge in [-0.3, -0.25) is 4.79 Å². The van der Waals surface area contributed by atoms with Gasteiger partial charge in [0.2, 0.25) is 5.60 Å². The van der Waals surface area contributed by atoms with Gasteiger partial charge in [-0.1, -0.05) is 106 Å². The second-order valence-electron chi connectivity index (χ2n) is 12.4. The van der Waals surface area contributed by atoms with Crippen molar-refractivity contribution in [2.45, 2.75) is 64.4 Å². The van der Waals surface area contributed by atoms with Gasteiger partial charge in [0.25, 0.3) is 0 Å². The Morgan fingerprint density at radius 3 is 1.88 bits per heavy atom. The minimum atomic E-state index is -1.72. The van der Waals surface area contributed by atoms with E-state index in [0.717, 1.165) is 33.0 Å². The van der Waals surface area contributed by atoms with Gasteiger partial charge in [-0.05, 0) is 44.4 Å². The number of fused-ring (bicyclic) bond motifs is 3. The van der Waals surface area contributed by atoms with Crippen molar-refractivity contribution in [3.8, 4) is 0 Å². The van der Waals surface area contributed by atoms with Crippen molar-refractivity contribution in [2.75, 3.05) is 13.2 Å². The van der Waals surface area contributed by atoms with Gasteiger partial charge < -0.3 is 14.4 Å². The van der Waals surface area contributed by atoms with Gasteiger partial charge in [-0.25, -0.2) is 4.79 Å². The molecule has 2 bridgehead atoms. The molecule has 0 aliphatic carbocycles. The first kappa shape index (κ1) is 29.5. The lowest BCUT2D eigenvalue weighted by atomic mass is 9.63. The van der Waals surface area contributed by atoms with Gasteiger partial charge in [-0.15, -0.1) is 11.8 Å². The number of Topliss-reactive ketones (excluding diaryl/α,β-unsaturated/α-hetero) is 1. The molecule has 3 heterocycles. The number of ketones is 1. The summed E-state index contributed by atoms with van der Waals surface area (Å²) in [6.45, 7) is 14.6. The van der Waals surface area contributed by atoms with Crippen molar-refractivity contribution in [2.24, 2.45) is 5.41 Å². The predicted molar refractivity (Wildman–Crippen MR) is 171 cm³/mol. The van der Waals surface area contributed by atoms with Crippen LogP contribution in [-0.4, -0.2) is 29.8 Å². The van der Waals surface area contributed by atoms with E-state index in [9.17, 15) is 9.59 Å². The van der Waals surface area contributed by atoms with E-state index in [2.05, 4.69) is 56.0 Å². The summed E-state index contributed by atoms with van der Waals surface area (Å²) in [6.07, 6.45) is 0. The molecule has 5 nitrogen and oxygen atoms in total. The van der Waals surface area contributed by atoms with Crippen molar-refractivity contribution >= 4 is 23.5 Å². The molecule has 0 N–H and O–H groups in total. The van der Waals surface area contributed by atoms with Crippen LogP contribution in [0.15, 0.2) is 107 Å². The Hall–Kier alpha value is -3.61. The van der Waals surface area contributed by atoms with Gasteiger partial charge in [0.15, 0.2) is 11.4 Å². The number of hydrogen-bond donors (Lipinski definition) is 0. The van der Waals surface area contributed by atoms with Crippen molar-refractivity contribution in [1.29, 1.82) is 0 Å². The number of carbonyl (C=O) groups is 2. The highest BCUT2D eigenvalue weighted by molar-refractivity contribution is 8.04. The van der Waals surface area contributed by atoms with E-state index < -0.39 is 27.3 Å². The molecule has 0 fully saturated rings. The van der Waals surface area contributed by atoms with Crippen LogP contribution in [0.5, 0.6) is 0 Å². The molecule has 6 rings (SSSR count). The Morgan fingerprint density at radius 1 is 0.837 bits per heavy atom. The quantitative estimate of drug-likeness (QED) is 0.272. The fourth-order valence-corrected chi connectivity index (χ4v) is 8.81. The number of thioether (sulfide) groups is 1. The van der Waals surface area contributed by atoms with E-state index in [0.29, 0.717) is 17.7 Å². The number of hydrogen-bond acceptors (Lipinski definition) is 6. The molecular weight excluding hydrogens is 554 g/mol. The average molecular weight is 594 g/mol. The fourth-order valence-electron chi connectivity index (χ4n) is 7.19. The monoisotopic (exact) mass is 593 g/mol. The van der Waals surface area contributed by atoms with Gasteiger partial charge in [0.05, 0.1) is 17.9 Å². The highest BCUT2D eigenvalue weighted by Gasteiger charge is 2.78. The standard InChI is InChI=1S/C37H39NO4S/c1-8-38-24(3)25(4)43-37(26-18-12-10-13-19-26,27-20-14-11-15-21-27)36-29-23-17-16-22-28(29)35(42-36,33(40)41-9-2)30(31(36)38)32(39)34(5,6)7/h10-23H,8-9H2,1-7H3/t35-,36+/m0/s1. The Bertz CT molecular complexity index is 1630. The summed E-state index contributed by atoms with van der Waals surface area (Å²) in [6, 6.07) is 28.7. The summed E-state index contributed by atoms with van der Waals surface area (Å²) in [7, 11) is 0. The van der Waals surface area contributed by atoms with Crippen LogP contribution in [0.4, 0.5) is 0 Å². The maximum atomic E-state index is 14.9. The topological polar surface area (TPSA) is 55.8 Å². The number of allylic oxidation sites excluding steroid dienone is 2. The first-order chi connectivity index (χ1) is 20.5. The van der Waals surface area contributed by atoms with Gasteiger partial charge in [0, 0.05) is 28.1 Å². The summed E-state index contributed by atoms with van der Waals surface area (Å²) in [4.78, 5) is 32.7. The SMILES string of the molecule is CCOC(=O)[C@@]12O[C@@]3(C(=C1C(=O)C(C)(C)C)N(CC)C(C)=C(C)SC3(c1ccccc1)c1ccccc1)c1ccccc12. The molecule has 2 atom stereocenters. The summed E-state index contributed by atoms with van der Waals surface area (Å²) >= 11 is 1.74. The molecule has 0 amide bonds.